The van der Waals surface area contributed by atoms with E-state index in [-0.39, 0.29) is 11.4 Å². The Hall–Kier alpha value is -2.84. The summed E-state index contributed by atoms with van der Waals surface area (Å²) in [4.78, 5) is 32.9. The number of ether oxygens (including phenoxy) is 1. The summed E-state index contributed by atoms with van der Waals surface area (Å²) in [5.41, 5.74) is 0.275. The van der Waals surface area contributed by atoms with E-state index in [0.717, 1.165) is 6.07 Å². The molecular formula is C12H14FN3O5. The summed E-state index contributed by atoms with van der Waals surface area (Å²) in [5.74, 6) is -2.45. The molecule has 0 atom stereocenters. The fourth-order valence-corrected chi connectivity index (χ4v) is 1.31. The van der Waals surface area contributed by atoms with Crippen molar-refractivity contribution in [3.63, 3.8) is 0 Å². The first-order valence-electron chi connectivity index (χ1n) is 5.79. The number of carboxylic acids is 1. The maximum Gasteiger partial charge on any atom is 0.322 e. The van der Waals surface area contributed by atoms with Crippen LogP contribution in [0.25, 0.3) is 0 Å². The van der Waals surface area contributed by atoms with Crippen LogP contribution >= 0.6 is 0 Å². The zero-order valence-corrected chi connectivity index (χ0v) is 11.1. The third-order valence-corrected chi connectivity index (χ3v) is 2.26. The van der Waals surface area contributed by atoms with Gasteiger partial charge in [-0.25, -0.2) is 9.18 Å². The Morgan fingerprint density at radius 2 is 1.95 bits per heavy atom. The number of carboxylic acid groups (broad SMARTS) is 1. The summed E-state index contributed by atoms with van der Waals surface area (Å²) in [6, 6.07) is 3.02. The molecular weight excluding hydrogens is 285 g/mol. The normalized spacial score (nSPS) is 9.62. The lowest BCUT2D eigenvalue weighted by Crippen LogP contribution is -2.40. The van der Waals surface area contributed by atoms with Gasteiger partial charge in [-0.2, -0.15) is 0 Å². The first-order chi connectivity index (χ1) is 9.92. The summed E-state index contributed by atoms with van der Waals surface area (Å²) in [6.07, 6.45) is 0. The van der Waals surface area contributed by atoms with Gasteiger partial charge in [-0.1, -0.05) is 0 Å². The summed E-state index contributed by atoms with van der Waals surface area (Å²) < 4.78 is 17.9. The first kappa shape index (κ1) is 16.2. The van der Waals surface area contributed by atoms with E-state index in [0.29, 0.717) is 0 Å². The molecule has 0 aliphatic heterocycles. The Balaban J connectivity index is 2.43. The van der Waals surface area contributed by atoms with Crippen LogP contribution in [-0.2, 0) is 9.59 Å². The standard InChI is InChI=1S/C12H14FN3O5/c1-21-9-4-7(2-3-8(9)13)16-12(20)15-5-10(17)14-6-11(18)19/h2-4H,5-6H2,1H3,(H,14,17)(H,18,19)(H2,15,16,20). The van der Waals surface area contributed by atoms with E-state index in [4.69, 9.17) is 9.84 Å². The van der Waals surface area contributed by atoms with Gasteiger partial charge in [0.05, 0.1) is 13.7 Å². The molecule has 0 spiro atoms. The lowest BCUT2D eigenvalue weighted by molar-refractivity contribution is -0.137. The minimum absolute atomic E-state index is 0.0352. The number of carbonyl (C=O) groups excluding carboxylic acids is 2. The minimum atomic E-state index is -1.19. The van der Waals surface area contributed by atoms with E-state index in [9.17, 15) is 18.8 Å². The molecule has 0 fully saturated rings. The number of methoxy groups -OCH3 is 1. The molecule has 0 unspecified atom stereocenters. The van der Waals surface area contributed by atoms with Crippen LogP contribution in [0.4, 0.5) is 14.9 Å². The van der Waals surface area contributed by atoms with Gasteiger partial charge in [0.2, 0.25) is 5.91 Å². The molecule has 9 heteroatoms. The fourth-order valence-electron chi connectivity index (χ4n) is 1.31. The molecule has 21 heavy (non-hydrogen) atoms. The van der Waals surface area contributed by atoms with E-state index >= 15 is 0 Å². The van der Waals surface area contributed by atoms with Crippen molar-refractivity contribution in [2.75, 3.05) is 25.5 Å². The van der Waals surface area contributed by atoms with Crippen molar-refractivity contribution < 1.29 is 28.6 Å². The van der Waals surface area contributed by atoms with Crippen LogP contribution < -0.4 is 20.7 Å². The maximum absolute atomic E-state index is 13.2. The third kappa shape index (κ3) is 5.76. The van der Waals surface area contributed by atoms with Crippen LogP contribution in [0.3, 0.4) is 0 Å². The summed E-state index contributed by atoms with van der Waals surface area (Å²) in [7, 11) is 1.29. The summed E-state index contributed by atoms with van der Waals surface area (Å²) in [5, 5.41) is 15.0. The number of hydrogen-bond acceptors (Lipinski definition) is 4. The van der Waals surface area contributed by atoms with Crippen molar-refractivity contribution in [3.05, 3.63) is 24.0 Å². The van der Waals surface area contributed by atoms with Crippen LogP contribution in [0.1, 0.15) is 0 Å². The van der Waals surface area contributed by atoms with E-state index in [2.05, 4.69) is 16.0 Å². The van der Waals surface area contributed by atoms with E-state index in [1.807, 2.05) is 0 Å². The second-order valence-corrected chi connectivity index (χ2v) is 3.83. The number of nitrogens with one attached hydrogen (secondary N) is 3. The average Bonchev–Trinajstić information content (AvgIpc) is 2.44. The van der Waals surface area contributed by atoms with Gasteiger partial charge in [0, 0.05) is 11.8 Å². The van der Waals surface area contributed by atoms with Crippen LogP contribution in [0.2, 0.25) is 0 Å². The molecule has 1 aromatic rings. The van der Waals surface area contributed by atoms with Crippen molar-refractivity contribution in [1.82, 2.24) is 10.6 Å². The van der Waals surface area contributed by atoms with E-state index in [1.165, 1.54) is 19.2 Å². The van der Waals surface area contributed by atoms with E-state index in [1.54, 1.807) is 0 Å². The monoisotopic (exact) mass is 299 g/mol. The Morgan fingerprint density at radius 3 is 2.57 bits per heavy atom. The number of carbonyl (C=O) groups is 3. The quantitative estimate of drug-likeness (QED) is 0.597. The molecule has 114 valence electrons. The zero-order valence-electron chi connectivity index (χ0n) is 11.1. The van der Waals surface area contributed by atoms with Crippen LogP contribution in [0.15, 0.2) is 18.2 Å². The maximum atomic E-state index is 13.2. The molecule has 8 nitrogen and oxygen atoms in total. The molecule has 0 saturated carbocycles. The molecule has 0 bridgehead atoms. The molecule has 1 aromatic carbocycles. The van der Waals surface area contributed by atoms with Gasteiger partial charge < -0.3 is 25.8 Å². The lowest BCUT2D eigenvalue weighted by Gasteiger charge is -2.09. The van der Waals surface area contributed by atoms with E-state index < -0.39 is 36.8 Å². The molecule has 0 aliphatic rings. The number of hydrogen-bond donors (Lipinski definition) is 4. The number of urea groups is 1. The van der Waals surface area contributed by atoms with Gasteiger partial charge in [0.15, 0.2) is 11.6 Å². The van der Waals surface area contributed by atoms with Crippen molar-refractivity contribution >= 4 is 23.6 Å². The van der Waals surface area contributed by atoms with Gasteiger partial charge in [-0.05, 0) is 12.1 Å². The largest absolute Gasteiger partial charge is 0.494 e. The van der Waals surface area contributed by atoms with Gasteiger partial charge >= 0.3 is 12.0 Å². The first-order valence-corrected chi connectivity index (χ1v) is 5.79. The zero-order chi connectivity index (χ0) is 15.8. The second-order valence-electron chi connectivity index (χ2n) is 3.83. The molecule has 1 rings (SSSR count). The minimum Gasteiger partial charge on any atom is -0.494 e. The Bertz CT molecular complexity index is 550. The second kappa shape index (κ2) is 7.68. The lowest BCUT2D eigenvalue weighted by atomic mass is 10.3. The number of aliphatic carboxylic acids is 1. The Morgan fingerprint density at radius 1 is 1.24 bits per heavy atom. The number of benzene rings is 1. The SMILES string of the molecule is COc1cc(NC(=O)NCC(=O)NCC(=O)O)ccc1F. The highest BCUT2D eigenvalue weighted by atomic mass is 19.1. The highest BCUT2D eigenvalue weighted by Gasteiger charge is 2.08. The average molecular weight is 299 g/mol. The molecule has 0 radical (unpaired) electrons. The Labute approximate surface area is 119 Å². The third-order valence-electron chi connectivity index (χ3n) is 2.26. The van der Waals surface area contributed by atoms with Crippen LogP contribution in [0.5, 0.6) is 5.75 Å². The highest BCUT2D eigenvalue weighted by molar-refractivity contribution is 5.92. The van der Waals surface area contributed by atoms with Gasteiger partial charge in [0.25, 0.3) is 0 Å². The van der Waals surface area contributed by atoms with Gasteiger partial charge in [-0.15, -0.1) is 0 Å². The molecule has 3 amide bonds. The molecule has 0 aromatic heterocycles. The van der Waals surface area contributed by atoms with Crippen LogP contribution in [-0.4, -0.2) is 43.2 Å². The topological polar surface area (TPSA) is 117 Å². The summed E-state index contributed by atoms with van der Waals surface area (Å²) in [6.45, 7) is -0.922. The van der Waals surface area contributed by atoms with Crippen molar-refractivity contribution in [3.8, 4) is 5.75 Å². The highest BCUT2D eigenvalue weighted by Crippen LogP contribution is 2.21. The fraction of sp³-hybridized carbons (Fsp3) is 0.250. The number of amides is 3. The predicted octanol–water partition coefficient (Wildman–Crippen LogP) is 0.157. The number of halogens is 1. The Kier molecular flexibility index (Phi) is 5.93. The van der Waals surface area contributed by atoms with Gasteiger partial charge in [-0.3, -0.25) is 9.59 Å². The molecule has 0 aliphatic carbocycles. The number of anilines is 1. The number of rotatable bonds is 6. The molecule has 4 N–H and O–H groups in total. The summed E-state index contributed by atoms with van der Waals surface area (Å²) >= 11 is 0. The molecule has 0 heterocycles. The smallest absolute Gasteiger partial charge is 0.322 e. The van der Waals surface area contributed by atoms with Crippen molar-refractivity contribution in [2.45, 2.75) is 0 Å². The van der Waals surface area contributed by atoms with Crippen molar-refractivity contribution in [2.24, 2.45) is 0 Å². The molecule has 0 saturated heterocycles. The van der Waals surface area contributed by atoms with Crippen LogP contribution in [0, 0.1) is 5.82 Å². The van der Waals surface area contributed by atoms with Gasteiger partial charge in [0.1, 0.15) is 6.54 Å². The predicted molar refractivity (Wildman–Crippen MR) is 70.6 cm³/mol. The van der Waals surface area contributed by atoms with Crippen molar-refractivity contribution in [1.29, 1.82) is 0 Å².